The smallest absolute Gasteiger partial charge is 0.0845 e. The SMILES string of the molecule is C/C1=N\C[C@H](Cc2ccc(C(C)C)cc2)/N=C(\C)c2cccc(n2)/C(C)=N/C[C@H](Cc2ccc(C(C)C)cc2)/N=C(\C)c2cccc1n2. The van der Waals surface area contributed by atoms with Crippen molar-refractivity contribution < 1.29 is 0 Å². The van der Waals surface area contributed by atoms with Crippen molar-refractivity contribution >= 4 is 22.8 Å². The molecule has 2 aromatic heterocycles. The lowest BCUT2D eigenvalue weighted by atomic mass is 9.99. The second-order valence-corrected chi connectivity index (χ2v) is 13.6. The van der Waals surface area contributed by atoms with Crippen LogP contribution in [0.4, 0.5) is 0 Å². The summed E-state index contributed by atoms with van der Waals surface area (Å²) in [6, 6.07) is 29.9. The second-order valence-electron chi connectivity index (χ2n) is 13.6. The van der Waals surface area contributed by atoms with Crippen LogP contribution in [0.15, 0.2) is 105 Å². The number of nitrogens with zero attached hydrogens (tertiary/aromatic N) is 6. The standard InChI is InChI=1S/C42H50N6/c1-27(2)35-19-15-33(16-20-35)23-37-25-43-29(5)39-11-10-14-42(48-39)32(8)46-38(24-34-17-21-36(22-18-34)28(3)4)26-44-30(6)40-12-9-13-41(47-40)31(7)45-37/h9-22,27-28,37-38H,23-26H2,1-8H3/b43-29+,44-30+,45-31+,46-32+/t37-,38-/m0/s1. The van der Waals surface area contributed by atoms with Gasteiger partial charge in [-0.2, -0.15) is 0 Å². The fourth-order valence-corrected chi connectivity index (χ4v) is 5.93. The molecular formula is C42H50N6. The van der Waals surface area contributed by atoms with E-state index in [1.165, 1.54) is 22.3 Å². The highest BCUT2D eigenvalue weighted by molar-refractivity contribution is 6.02. The van der Waals surface area contributed by atoms with Gasteiger partial charge in [-0.1, -0.05) is 88.4 Å². The lowest BCUT2D eigenvalue weighted by molar-refractivity contribution is 0.680. The normalized spacial score (nSPS) is 22.0. The van der Waals surface area contributed by atoms with Crippen LogP contribution < -0.4 is 0 Å². The van der Waals surface area contributed by atoms with E-state index in [1.54, 1.807) is 0 Å². The van der Waals surface area contributed by atoms with Crippen molar-refractivity contribution in [3.8, 4) is 0 Å². The first-order chi connectivity index (χ1) is 23.0. The van der Waals surface area contributed by atoms with Gasteiger partial charge in [0.1, 0.15) is 0 Å². The van der Waals surface area contributed by atoms with Crippen LogP contribution in [-0.4, -0.2) is 58.0 Å². The molecule has 0 saturated carbocycles. The lowest BCUT2D eigenvalue weighted by Crippen LogP contribution is -2.19. The molecule has 6 nitrogen and oxygen atoms in total. The van der Waals surface area contributed by atoms with Crippen molar-refractivity contribution in [2.24, 2.45) is 20.0 Å². The number of rotatable bonds is 6. The summed E-state index contributed by atoms with van der Waals surface area (Å²) < 4.78 is 0. The summed E-state index contributed by atoms with van der Waals surface area (Å²) in [5.74, 6) is 0.996. The summed E-state index contributed by atoms with van der Waals surface area (Å²) in [6.45, 7) is 18.2. The first kappa shape index (κ1) is 34.7. The number of aliphatic imine (C=N–C) groups is 4. The Kier molecular flexibility index (Phi) is 11.6. The highest BCUT2D eigenvalue weighted by Gasteiger charge is 2.15. The molecule has 1 aliphatic rings. The second kappa shape index (κ2) is 16.0. The molecule has 3 heterocycles. The van der Waals surface area contributed by atoms with Gasteiger partial charge in [0.25, 0.3) is 0 Å². The van der Waals surface area contributed by atoms with Gasteiger partial charge in [0.15, 0.2) is 0 Å². The van der Waals surface area contributed by atoms with Crippen molar-refractivity contribution in [1.82, 2.24) is 9.97 Å². The van der Waals surface area contributed by atoms with E-state index in [0.717, 1.165) is 58.5 Å². The van der Waals surface area contributed by atoms with Gasteiger partial charge in [-0.05, 0) is 98.9 Å². The molecule has 0 amide bonds. The van der Waals surface area contributed by atoms with E-state index in [0.29, 0.717) is 24.9 Å². The van der Waals surface area contributed by atoms with Crippen LogP contribution in [0.3, 0.4) is 0 Å². The molecule has 6 heteroatoms. The Morgan fingerprint density at radius 3 is 1.15 bits per heavy atom. The molecule has 0 radical (unpaired) electrons. The van der Waals surface area contributed by atoms with E-state index in [-0.39, 0.29) is 12.1 Å². The molecule has 1 aliphatic heterocycles. The molecule has 0 spiro atoms. The van der Waals surface area contributed by atoms with Crippen molar-refractivity contribution in [1.29, 1.82) is 0 Å². The average Bonchev–Trinajstić information content (AvgIpc) is 3.09. The quantitative estimate of drug-likeness (QED) is 0.212. The predicted molar refractivity (Wildman–Crippen MR) is 203 cm³/mol. The summed E-state index contributed by atoms with van der Waals surface area (Å²) in [7, 11) is 0. The Balaban J connectivity index is 1.52. The minimum atomic E-state index is -0.0502. The fraction of sp³-hybridized carbons (Fsp3) is 0.381. The summed E-state index contributed by atoms with van der Waals surface area (Å²) in [5, 5.41) is 0. The lowest BCUT2D eigenvalue weighted by Gasteiger charge is -2.16. The Labute approximate surface area is 287 Å². The van der Waals surface area contributed by atoms with E-state index in [9.17, 15) is 0 Å². The number of pyridine rings is 2. The molecule has 0 aliphatic carbocycles. The minimum Gasteiger partial charge on any atom is -0.286 e. The molecular weight excluding hydrogens is 589 g/mol. The Hall–Kier alpha value is -4.58. The van der Waals surface area contributed by atoms with E-state index < -0.39 is 0 Å². The van der Waals surface area contributed by atoms with Gasteiger partial charge in [-0.15, -0.1) is 0 Å². The van der Waals surface area contributed by atoms with Gasteiger partial charge < -0.3 is 0 Å². The van der Waals surface area contributed by atoms with Crippen LogP contribution in [0.1, 0.15) is 112 Å². The molecule has 2 aromatic carbocycles. The van der Waals surface area contributed by atoms with Crippen LogP contribution in [0.5, 0.6) is 0 Å². The van der Waals surface area contributed by atoms with Crippen LogP contribution in [-0.2, 0) is 12.8 Å². The van der Waals surface area contributed by atoms with Gasteiger partial charge in [0.2, 0.25) is 0 Å². The number of benzene rings is 2. The van der Waals surface area contributed by atoms with Crippen LogP contribution in [0.25, 0.3) is 0 Å². The number of fused-ring (bicyclic) bond motifs is 4. The maximum absolute atomic E-state index is 5.21. The van der Waals surface area contributed by atoms with Gasteiger partial charge in [0.05, 0.1) is 70.8 Å². The molecule has 4 aromatic rings. The van der Waals surface area contributed by atoms with Crippen LogP contribution in [0.2, 0.25) is 0 Å². The zero-order valence-corrected chi connectivity index (χ0v) is 29.9. The molecule has 4 bridgehead atoms. The van der Waals surface area contributed by atoms with Crippen LogP contribution in [0, 0.1) is 0 Å². The molecule has 5 rings (SSSR count). The van der Waals surface area contributed by atoms with Gasteiger partial charge in [-0.3, -0.25) is 20.0 Å². The van der Waals surface area contributed by atoms with Crippen molar-refractivity contribution in [3.63, 3.8) is 0 Å². The molecule has 0 saturated heterocycles. The van der Waals surface area contributed by atoms with E-state index in [1.807, 2.05) is 64.1 Å². The third-order valence-electron chi connectivity index (χ3n) is 9.05. The Bertz CT molecular complexity index is 1670. The maximum Gasteiger partial charge on any atom is 0.0845 e. The summed E-state index contributed by atoms with van der Waals surface area (Å²) >= 11 is 0. The molecule has 48 heavy (non-hydrogen) atoms. The van der Waals surface area contributed by atoms with Crippen molar-refractivity contribution in [2.75, 3.05) is 13.1 Å². The zero-order valence-electron chi connectivity index (χ0n) is 29.9. The number of hydrogen-bond donors (Lipinski definition) is 0. The third kappa shape index (κ3) is 9.27. The van der Waals surface area contributed by atoms with E-state index in [4.69, 9.17) is 29.9 Å². The molecule has 0 unspecified atom stereocenters. The number of aromatic nitrogens is 2. The topological polar surface area (TPSA) is 75.2 Å². The fourth-order valence-electron chi connectivity index (χ4n) is 5.93. The zero-order chi connectivity index (χ0) is 34.2. The number of hydrogen-bond acceptors (Lipinski definition) is 6. The first-order valence-corrected chi connectivity index (χ1v) is 17.3. The summed E-state index contributed by atoms with van der Waals surface area (Å²) in [6.07, 6.45) is 1.57. The minimum absolute atomic E-state index is 0.0502. The molecule has 248 valence electrons. The van der Waals surface area contributed by atoms with E-state index in [2.05, 4.69) is 76.2 Å². The maximum atomic E-state index is 5.21. The van der Waals surface area contributed by atoms with Crippen LogP contribution >= 0.6 is 0 Å². The highest BCUT2D eigenvalue weighted by atomic mass is 14.9. The molecule has 2 atom stereocenters. The van der Waals surface area contributed by atoms with Crippen molar-refractivity contribution in [3.05, 3.63) is 130 Å². The summed E-state index contributed by atoms with van der Waals surface area (Å²) in [5.41, 5.74) is 12.2. The first-order valence-electron chi connectivity index (χ1n) is 17.3. The van der Waals surface area contributed by atoms with Gasteiger partial charge in [-0.25, -0.2) is 9.97 Å². The van der Waals surface area contributed by atoms with E-state index >= 15 is 0 Å². The molecule has 0 N–H and O–H groups in total. The third-order valence-corrected chi connectivity index (χ3v) is 9.05. The monoisotopic (exact) mass is 638 g/mol. The van der Waals surface area contributed by atoms with Gasteiger partial charge in [0, 0.05) is 0 Å². The van der Waals surface area contributed by atoms with Gasteiger partial charge >= 0.3 is 0 Å². The summed E-state index contributed by atoms with van der Waals surface area (Å²) in [4.78, 5) is 30.5. The Morgan fingerprint density at radius 2 is 0.812 bits per heavy atom. The average molecular weight is 639 g/mol. The van der Waals surface area contributed by atoms with Crippen molar-refractivity contribution in [2.45, 2.75) is 92.2 Å². The molecule has 0 fully saturated rings. The largest absolute Gasteiger partial charge is 0.286 e. The predicted octanol–water partition coefficient (Wildman–Crippen LogP) is 8.90. The highest BCUT2D eigenvalue weighted by Crippen LogP contribution is 2.19. The Morgan fingerprint density at radius 1 is 0.479 bits per heavy atom.